The van der Waals surface area contributed by atoms with Crippen LogP contribution in [0, 0.1) is 22.2 Å². The summed E-state index contributed by atoms with van der Waals surface area (Å²) in [5.74, 6) is 0.973. The molecule has 0 aromatic carbocycles. The van der Waals surface area contributed by atoms with E-state index in [2.05, 4.69) is 33.8 Å². The Balaban J connectivity index is 2.17. The summed E-state index contributed by atoms with van der Waals surface area (Å²) in [6.07, 6.45) is 9.76. The van der Waals surface area contributed by atoms with E-state index < -0.39 is 0 Å². The molecule has 0 N–H and O–H groups in total. The van der Waals surface area contributed by atoms with Crippen LogP contribution in [0.5, 0.6) is 0 Å². The van der Waals surface area contributed by atoms with E-state index in [1.165, 1.54) is 32.1 Å². The maximum absolute atomic E-state index is 2.60. The summed E-state index contributed by atoms with van der Waals surface area (Å²) in [6, 6.07) is 0. The van der Waals surface area contributed by atoms with Crippen LogP contribution in [-0.4, -0.2) is 0 Å². The maximum Gasteiger partial charge on any atom is -0.00284 e. The van der Waals surface area contributed by atoms with Crippen molar-refractivity contribution in [2.24, 2.45) is 22.2 Å². The van der Waals surface area contributed by atoms with Crippen molar-refractivity contribution >= 4 is 0 Å². The lowest BCUT2D eigenvalue weighted by molar-refractivity contribution is 0.0901. The van der Waals surface area contributed by atoms with Gasteiger partial charge in [-0.15, -0.1) is 0 Å². The molecule has 84 valence electrons. The Kier molecular flexibility index (Phi) is 1.67. The summed E-state index contributed by atoms with van der Waals surface area (Å²) in [7, 11) is 0. The van der Waals surface area contributed by atoms with Crippen LogP contribution in [0.1, 0.15) is 59.8 Å². The van der Waals surface area contributed by atoms with Crippen molar-refractivity contribution in [3.8, 4) is 0 Å². The van der Waals surface area contributed by atoms with Crippen LogP contribution in [0.25, 0.3) is 0 Å². The van der Waals surface area contributed by atoms with Crippen molar-refractivity contribution in [2.75, 3.05) is 0 Å². The van der Waals surface area contributed by atoms with E-state index in [0.717, 1.165) is 5.92 Å². The average molecular weight is 204 g/mol. The minimum atomic E-state index is 0.510. The fraction of sp³-hybridized carbons (Fsp3) is 0.867. The molecule has 2 bridgehead atoms. The van der Waals surface area contributed by atoms with Gasteiger partial charge in [-0.1, -0.05) is 39.3 Å². The molecule has 0 saturated heterocycles. The first-order chi connectivity index (χ1) is 6.90. The van der Waals surface area contributed by atoms with Gasteiger partial charge in [-0.3, -0.25) is 0 Å². The van der Waals surface area contributed by atoms with Crippen LogP contribution in [0.15, 0.2) is 11.6 Å². The minimum Gasteiger partial charge on any atom is -0.0842 e. The molecule has 0 amide bonds. The maximum atomic E-state index is 2.60. The van der Waals surface area contributed by atoms with Crippen LogP contribution in [0.4, 0.5) is 0 Å². The lowest BCUT2D eigenvalue weighted by Gasteiger charge is -2.51. The summed E-state index contributed by atoms with van der Waals surface area (Å²) in [4.78, 5) is 0. The van der Waals surface area contributed by atoms with Gasteiger partial charge in [0.1, 0.15) is 0 Å². The largest absolute Gasteiger partial charge is 0.0842 e. The molecule has 3 aliphatic rings. The third-order valence-electron chi connectivity index (χ3n) is 6.16. The highest BCUT2D eigenvalue weighted by Crippen LogP contribution is 2.73. The Hall–Kier alpha value is -0.260. The van der Waals surface area contributed by atoms with Gasteiger partial charge in [0, 0.05) is 0 Å². The minimum absolute atomic E-state index is 0.510. The van der Waals surface area contributed by atoms with E-state index in [1.54, 1.807) is 0 Å². The zero-order valence-electron chi connectivity index (χ0n) is 10.7. The van der Waals surface area contributed by atoms with Gasteiger partial charge in [0.2, 0.25) is 0 Å². The lowest BCUT2D eigenvalue weighted by Crippen LogP contribution is -2.41. The highest BCUT2D eigenvalue weighted by Gasteiger charge is 2.63. The number of hydrogen-bond acceptors (Lipinski definition) is 0. The monoisotopic (exact) mass is 204 g/mol. The standard InChI is InChI=1S/C15H24/c1-13(2)8-5-6-12-14(3,4)11-7-9-15(12,13)10-11/h6,11H,5,7-10H2,1-4H3/t11-,15-/m0/s1. The van der Waals surface area contributed by atoms with Crippen LogP contribution >= 0.6 is 0 Å². The molecule has 0 unspecified atom stereocenters. The molecular weight excluding hydrogens is 180 g/mol. The summed E-state index contributed by atoms with van der Waals surface area (Å²) in [6.45, 7) is 10.0. The molecule has 0 aliphatic heterocycles. The Bertz CT molecular complexity index is 332. The average Bonchev–Trinajstić information content (AvgIpc) is 2.63. The van der Waals surface area contributed by atoms with E-state index in [1.807, 2.05) is 5.57 Å². The molecule has 2 saturated carbocycles. The molecule has 0 aromatic rings. The fourth-order valence-electron chi connectivity index (χ4n) is 5.00. The first kappa shape index (κ1) is 9.93. The highest BCUT2D eigenvalue weighted by atomic mass is 14.7. The Morgan fingerprint density at radius 1 is 1.13 bits per heavy atom. The van der Waals surface area contributed by atoms with Crippen LogP contribution in [0.3, 0.4) is 0 Å². The Morgan fingerprint density at radius 3 is 2.53 bits per heavy atom. The van der Waals surface area contributed by atoms with Gasteiger partial charge in [0.25, 0.3) is 0 Å². The molecule has 2 fully saturated rings. The second-order valence-electron chi connectivity index (χ2n) is 7.28. The van der Waals surface area contributed by atoms with E-state index >= 15 is 0 Å². The van der Waals surface area contributed by atoms with Crippen molar-refractivity contribution in [2.45, 2.75) is 59.8 Å². The SMILES string of the molecule is CC1(C)C2=CCCC(C)(C)[C@]23CC[C@H]1C3. The van der Waals surface area contributed by atoms with Crippen LogP contribution < -0.4 is 0 Å². The molecule has 0 heteroatoms. The van der Waals surface area contributed by atoms with Gasteiger partial charge in [-0.2, -0.15) is 0 Å². The van der Waals surface area contributed by atoms with Gasteiger partial charge < -0.3 is 0 Å². The predicted octanol–water partition coefficient (Wildman–Crippen LogP) is 4.56. The summed E-state index contributed by atoms with van der Waals surface area (Å²) >= 11 is 0. The summed E-state index contributed by atoms with van der Waals surface area (Å²) < 4.78 is 0. The first-order valence-electron chi connectivity index (χ1n) is 6.61. The Morgan fingerprint density at radius 2 is 1.87 bits per heavy atom. The fourth-order valence-corrected chi connectivity index (χ4v) is 5.00. The van der Waals surface area contributed by atoms with E-state index in [4.69, 9.17) is 0 Å². The third kappa shape index (κ3) is 0.946. The van der Waals surface area contributed by atoms with Gasteiger partial charge in [-0.05, 0) is 54.3 Å². The quantitative estimate of drug-likeness (QED) is 0.507. The molecule has 0 heterocycles. The number of fused-ring (bicyclic) bond motifs is 1. The van der Waals surface area contributed by atoms with Gasteiger partial charge in [0.05, 0.1) is 0 Å². The van der Waals surface area contributed by atoms with E-state index in [9.17, 15) is 0 Å². The Labute approximate surface area is 94.1 Å². The van der Waals surface area contributed by atoms with Gasteiger partial charge >= 0.3 is 0 Å². The molecule has 0 aromatic heterocycles. The first-order valence-corrected chi connectivity index (χ1v) is 6.61. The van der Waals surface area contributed by atoms with Crippen molar-refractivity contribution in [3.05, 3.63) is 11.6 Å². The number of rotatable bonds is 0. The third-order valence-corrected chi connectivity index (χ3v) is 6.16. The van der Waals surface area contributed by atoms with Crippen molar-refractivity contribution in [1.82, 2.24) is 0 Å². The van der Waals surface area contributed by atoms with Gasteiger partial charge in [0.15, 0.2) is 0 Å². The molecule has 15 heavy (non-hydrogen) atoms. The van der Waals surface area contributed by atoms with Gasteiger partial charge in [-0.25, -0.2) is 0 Å². The topological polar surface area (TPSA) is 0 Å². The predicted molar refractivity (Wildman–Crippen MR) is 64.7 cm³/mol. The molecule has 1 spiro atoms. The van der Waals surface area contributed by atoms with Crippen molar-refractivity contribution in [3.63, 3.8) is 0 Å². The van der Waals surface area contributed by atoms with Crippen molar-refractivity contribution < 1.29 is 0 Å². The zero-order valence-corrected chi connectivity index (χ0v) is 10.7. The highest BCUT2D eigenvalue weighted by molar-refractivity contribution is 5.36. The molecular formula is C15H24. The lowest BCUT2D eigenvalue weighted by atomic mass is 9.54. The molecule has 3 aliphatic carbocycles. The second kappa shape index (κ2) is 2.52. The van der Waals surface area contributed by atoms with Crippen LogP contribution in [-0.2, 0) is 0 Å². The normalized spacial score (nSPS) is 45.1. The van der Waals surface area contributed by atoms with E-state index in [0.29, 0.717) is 16.2 Å². The second-order valence-corrected chi connectivity index (χ2v) is 7.28. The van der Waals surface area contributed by atoms with Crippen LogP contribution in [0.2, 0.25) is 0 Å². The number of hydrogen-bond donors (Lipinski definition) is 0. The zero-order chi connectivity index (χ0) is 10.9. The molecule has 3 rings (SSSR count). The van der Waals surface area contributed by atoms with Crippen molar-refractivity contribution in [1.29, 1.82) is 0 Å². The summed E-state index contributed by atoms with van der Waals surface area (Å²) in [5, 5.41) is 0. The van der Waals surface area contributed by atoms with E-state index in [-0.39, 0.29) is 0 Å². The molecule has 0 radical (unpaired) electrons. The molecule has 2 atom stereocenters. The smallest absolute Gasteiger partial charge is 0.00284 e. The summed E-state index contributed by atoms with van der Waals surface area (Å²) in [5.41, 5.74) is 3.50. The number of allylic oxidation sites excluding steroid dienone is 2. The molecule has 0 nitrogen and oxygen atoms in total.